The summed E-state index contributed by atoms with van der Waals surface area (Å²) in [6, 6.07) is 6.12. The van der Waals surface area contributed by atoms with Crippen molar-refractivity contribution in [2.75, 3.05) is 6.54 Å². The van der Waals surface area contributed by atoms with E-state index < -0.39 is 18.6 Å². The van der Waals surface area contributed by atoms with Crippen LogP contribution in [0.2, 0.25) is 5.02 Å². The average Bonchev–Trinajstić information content (AvgIpc) is 2.19. The van der Waals surface area contributed by atoms with Gasteiger partial charge in [-0.15, -0.1) is 0 Å². The molecule has 0 atom stereocenters. The van der Waals surface area contributed by atoms with Crippen molar-refractivity contribution >= 4 is 23.7 Å². The maximum atomic E-state index is 11.0. The average molecular weight is 230 g/mol. The standard InChI is InChI=1S/C9H8ClNO4/c10-6-1-3-7(4-2-6)15-9(14)11-5-8(12)13/h1-4H,5H2,(H,11,14)(H,12,13). The fourth-order valence-electron chi connectivity index (χ4n) is 0.794. The number of amides is 1. The predicted octanol–water partition coefficient (Wildman–Crippen LogP) is 1.51. The number of benzene rings is 1. The van der Waals surface area contributed by atoms with Crippen LogP contribution in [0.25, 0.3) is 0 Å². The van der Waals surface area contributed by atoms with Crippen molar-refractivity contribution in [2.24, 2.45) is 0 Å². The van der Waals surface area contributed by atoms with Crippen LogP contribution in [-0.2, 0) is 4.79 Å². The van der Waals surface area contributed by atoms with Crippen LogP contribution in [0.15, 0.2) is 24.3 Å². The van der Waals surface area contributed by atoms with Crippen molar-refractivity contribution in [1.82, 2.24) is 5.32 Å². The lowest BCUT2D eigenvalue weighted by Crippen LogP contribution is -2.31. The maximum absolute atomic E-state index is 11.0. The van der Waals surface area contributed by atoms with Gasteiger partial charge in [-0.3, -0.25) is 4.79 Å². The number of ether oxygens (including phenoxy) is 1. The highest BCUT2D eigenvalue weighted by atomic mass is 35.5. The lowest BCUT2D eigenvalue weighted by Gasteiger charge is -2.04. The minimum absolute atomic E-state index is 0.294. The highest BCUT2D eigenvalue weighted by Gasteiger charge is 2.05. The number of hydrogen-bond acceptors (Lipinski definition) is 3. The monoisotopic (exact) mass is 229 g/mol. The highest BCUT2D eigenvalue weighted by Crippen LogP contribution is 2.15. The Hall–Kier alpha value is -1.75. The molecule has 0 heterocycles. The molecule has 0 radical (unpaired) electrons. The van der Waals surface area contributed by atoms with Crippen LogP contribution < -0.4 is 10.1 Å². The van der Waals surface area contributed by atoms with Gasteiger partial charge in [0.2, 0.25) is 0 Å². The smallest absolute Gasteiger partial charge is 0.413 e. The molecule has 5 nitrogen and oxygen atoms in total. The molecule has 2 N–H and O–H groups in total. The predicted molar refractivity (Wildman–Crippen MR) is 53.1 cm³/mol. The zero-order valence-corrected chi connectivity index (χ0v) is 8.32. The summed E-state index contributed by atoms with van der Waals surface area (Å²) in [5.74, 6) is -0.842. The number of carboxylic acids is 1. The number of halogens is 1. The van der Waals surface area contributed by atoms with Crippen LogP contribution >= 0.6 is 11.6 Å². The molecule has 0 saturated heterocycles. The Balaban J connectivity index is 2.44. The van der Waals surface area contributed by atoms with E-state index in [0.29, 0.717) is 10.8 Å². The first kappa shape index (κ1) is 11.3. The molecule has 0 aromatic heterocycles. The molecule has 0 aliphatic carbocycles. The molecule has 1 aromatic carbocycles. The van der Waals surface area contributed by atoms with E-state index in [1.165, 1.54) is 12.1 Å². The van der Waals surface area contributed by atoms with E-state index in [1.807, 2.05) is 0 Å². The lowest BCUT2D eigenvalue weighted by molar-refractivity contribution is -0.135. The summed E-state index contributed by atoms with van der Waals surface area (Å²) in [7, 11) is 0. The Bertz CT molecular complexity index is 363. The number of aliphatic carboxylic acids is 1. The molecule has 0 unspecified atom stereocenters. The van der Waals surface area contributed by atoms with Gasteiger partial charge >= 0.3 is 12.1 Å². The Morgan fingerprint density at radius 1 is 1.33 bits per heavy atom. The summed E-state index contributed by atoms with van der Waals surface area (Å²) in [4.78, 5) is 21.1. The van der Waals surface area contributed by atoms with Gasteiger partial charge in [-0.2, -0.15) is 0 Å². The van der Waals surface area contributed by atoms with Crippen molar-refractivity contribution in [3.05, 3.63) is 29.3 Å². The van der Waals surface area contributed by atoms with Gasteiger partial charge in [0.05, 0.1) is 0 Å². The van der Waals surface area contributed by atoms with Crippen LogP contribution in [0, 0.1) is 0 Å². The highest BCUT2D eigenvalue weighted by molar-refractivity contribution is 6.30. The van der Waals surface area contributed by atoms with E-state index in [0.717, 1.165) is 0 Å². The SMILES string of the molecule is O=C(O)CNC(=O)Oc1ccc(Cl)cc1. The number of carbonyl (C=O) groups is 2. The number of hydrogen-bond donors (Lipinski definition) is 2. The fraction of sp³-hybridized carbons (Fsp3) is 0.111. The largest absolute Gasteiger partial charge is 0.480 e. The Morgan fingerprint density at radius 2 is 1.93 bits per heavy atom. The van der Waals surface area contributed by atoms with Crippen molar-refractivity contribution in [3.8, 4) is 5.75 Å². The van der Waals surface area contributed by atoms with Crippen LogP contribution in [0.4, 0.5) is 4.79 Å². The Labute approximate surface area is 90.6 Å². The zero-order valence-electron chi connectivity index (χ0n) is 7.57. The van der Waals surface area contributed by atoms with Gasteiger partial charge in [-0.25, -0.2) is 4.79 Å². The van der Waals surface area contributed by atoms with Gasteiger partial charge in [-0.1, -0.05) is 11.6 Å². The molecular formula is C9H8ClNO4. The van der Waals surface area contributed by atoms with Gasteiger partial charge in [0.15, 0.2) is 0 Å². The Kier molecular flexibility index (Phi) is 3.93. The van der Waals surface area contributed by atoms with Crippen molar-refractivity contribution in [2.45, 2.75) is 0 Å². The number of rotatable bonds is 3. The molecule has 0 bridgehead atoms. The normalized spacial score (nSPS) is 9.40. The third-order valence-corrected chi connectivity index (χ3v) is 1.66. The van der Waals surface area contributed by atoms with E-state index in [1.54, 1.807) is 12.1 Å². The van der Waals surface area contributed by atoms with E-state index in [2.05, 4.69) is 5.32 Å². The molecular weight excluding hydrogens is 222 g/mol. The second-order valence-corrected chi connectivity index (χ2v) is 3.03. The number of carbonyl (C=O) groups excluding carboxylic acids is 1. The summed E-state index contributed by atoms with van der Waals surface area (Å²) in [5, 5.41) is 10.9. The molecule has 0 fully saturated rings. The second-order valence-electron chi connectivity index (χ2n) is 2.59. The van der Waals surface area contributed by atoms with E-state index in [-0.39, 0.29) is 0 Å². The van der Waals surface area contributed by atoms with Gasteiger partial charge in [0.1, 0.15) is 12.3 Å². The van der Waals surface area contributed by atoms with Crippen LogP contribution in [0.5, 0.6) is 5.75 Å². The minimum atomic E-state index is -1.14. The van der Waals surface area contributed by atoms with Crippen LogP contribution in [0.3, 0.4) is 0 Å². The van der Waals surface area contributed by atoms with E-state index >= 15 is 0 Å². The molecule has 1 amide bonds. The second kappa shape index (κ2) is 5.21. The van der Waals surface area contributed by atoms with E-state index in [4.69, 9.17) is 21.4 Å². The summed E-state index contributed by atoms with van der Waals surface area (Å²) in [5.41, 5.74) is 0. The molecule has 0 aliphatic rings. The first-order valence-corrected chi connectivity index (χ1v) is 4.39. The van der Waals surface area contributed by atoms with Crippen molar-refractivity contribution < 1.29 is 19.4 Å². The third kappa shape index (κ3) is 4.33. The molecule has 1 aromatic rings. The number of nitrogens with one attached hydrogen (secondary N) is 1. The van der Waals surface area contributed by atoms with Gasteiger partial charge in [-0.05, 0) is 24.3 Å². The molecule has 15 heavy (non-hydrogen) atoms. The van der Waals surface area contributed by atoms with Crippen molar-refractivity contribution in [1.29, 1.82) is 0 Å². The summed E-state index contributed by atoms with van der Waals surface area (Å²) in [6.45, 7) is -0.480. The third-order valence-electron chi connectivity index (χ3n) is 1.41. The Morgan fingerprint density at radius 3 is 2.47 bits per heavy atom. The summed E-state index contributed by atoms with van der Waals surface area (Å²) in [6.07, 6.45) is -0.820. The molecule has 0 saturated carbocycles. The van der Waals surface area contributed by atoms with E-state index in [9.17, 15) is 9.59 Å². The molecule has 0 spiro atoms. The molecule has 1 rings (SSSR count). The summed E-state index contributed by atoms with van der Waals surface area (Å²) >= 11 is 5.62. The van der Waals surface area contributed by atoms with Gasteiger partial charge in [0, 0.05) is 5.02 Å². The minimum Gasteiger partial charge on any atom is -0.480 e. The first-order valence-electron chi connectivity index (χ1n) is 4.01. The van der Waals surface area contributed by atoms with Crippen molar-refractivity contribution in [3.63, 3.8) is 0 Å². The van der Waals surface area contributed by atoms with Gasteiger partial charge in [0.25, 0.3) is 0 Å². The molecule has 6 heteroatoms. The quantitative estimate of drug-likeness (QED) is 0.824. The number of carboxylic acid groups (broad SMARTS) is 1. The van der Waals surface area contributed by atoms with Crippen LogP contribution in [-0.4, -0.2) is 23.7 Å². The van der Waals surface area contributed by atoms with Gasteiger partial charge < -0.3 is 15.2 Å². The lowest BCUT2D eigenvalue weighted by atomic mass is 10.3. The zero-order chi connectivity index (χ0) is 11.3. The summed E-state index contributed by atoms with van der Waals surface area (Å²) < 4.78 is 4.75. The first-order chi connectivity index (χ1) is 7.08. The van der Waals surface area contributed by atoms with Crippen LogP contribution in [0.1, 0.15) is 0 Å². The molecule has 0 aliphatic heterocycles. The molecule has 80 valence electrons. The fourth-order valence-corrected chi connectivity index (χ4v) is 0.920. The topological polar surface area (TPSA) is 75.6 Å². The maximum Gasteiger partial charge on any atom is 0.413 e.